The summed E-state index contributed by atoms with van der Waals surface area (Å²) in [4.78, 5) is 11.3. The summed E-state index contributed by atoms with van der Waals surface area (Å²) < 4.78 is 5.44. The Kier molecular flexibility index (Phi) is 1.47. The van der Waals surface area contributed by atoms with E-state index in [9.17, 15) is 4.79 Å². The van der Waals surface area contributed by atoms with Crippen molar-refractivity contribution in [2.24, 2.45) is 5.41 Å². The molecular weight excluding hydrogens is 164 g/mol. The quantitative estimate of drug-likeness (QED) is 0.423. The molecule has 0 aromatic carbocycles. The number of hydrogen-bond donors (Lipinski definition) is 0. The van der Waals surface area contributed by atoms with Gasteiger partial charge in [0.1, 0.15) is 5.60 Å². The first kappa shape index (κ1) is 8.79. The highest BCUT2D eigenvalue weighted by Gasteiger charge is 2.59. The topological polar surface area (TPSA) is 26.3 Å². The van der Waals surface area contributed by atoms with Crippen LogP contribution < -0.4 is 0 Å². The minimum absolute atomic E-state index is 0.0446. The minimum Gasteiger partial charge on any atom is -0.458 e. The number of hydrogen-bond acceptors (Lipinski definition) is 2. The van der Waals surface area contributed by atoms with Crippen LogP contribution in [0, 0.1) is 5.41 Å². The molecular formula is C11H16O2. The average molecular weight is 180 g/mol. The molecule has 2 rings (SSSR count). The van der Waals surface area contributed by atoms with Gasteiger partial charge in [0.2, 0.25) is 0 Å². The molecule has 1 aliphatic heterocycles. The Labute approximate surface area is 79.0 Å². The molecule has 2 atom stereocenters. The maximum atomic E-state index is 11.3. The van der Waals surface area contributed by atoms with Crippen LogP contribution in [0.15, 0.2) is 11.1 Å². The maximum absolute atomic E-state index is 11.3. The smallest absolute Gasteiger partial charge is 0.307 e. The second-order valence-corrected chi connectivity index (χ2v) is 4.80. The molecule has 0 aromatic heterocycles. The van der Waals surface area contributed by atoms with Gasteiger partial charge in [0.05, 0.1) is 6.42 Å². The largest absolute Gasteiger partial charge is 0.458 e. The molecule has 2 aliphatic rings. The lowest BCUT2D eigenvalue weighted by molar-refractivity contribution is -0.148. The number of ether oxygens (including phenoxy) is 1. The van der Waals surface area contributed by atoms with Crippen LogP contribution in [-0.2, 0) is 9.53 Å². The van der Waals surface area contributed by atoms with E-state index in [-0.39, 0.29) is 17.0 Å². The summed E-state index contributed by atoms with van der Waals surface area (Å²) in [5.41, 5.74) is 2.42. The van der Waals surface area contributed by atoms with Crippen LogP contribution in [0.25, 0.3) is 0 Å². The zero-order valence-electron chi connectivity index (χ0n) is 8.73. The molecule has 2 nitrogen and oxygen atoms in total. The van der Waals surface area contributed by atoms with Crippen molar-refractivity contribution in [2.75, 3.05) is 0 Å². The van der Waals surface area contributed by atoms with Crippen molar-refractivity contribution in [3.8, 4) is 0 Å². The number of rotatable bonds is 0. The summed E-state index contributed by atoms with van der Waals surface area (Å²) in [5, 5.41) is 0. The Balaban J connectivity index is 2.50. The standard InChI is InChI=1S/C11H16O2/c1-7-5-11(4)10(3,8(7)2)6-9(12)13-11/h5-6H2,1-4H3. The molecule has 0 radical (unpaired) electrons. The maximum Gasteiger partial charge on any atom is 0.307 e. The molecule has 1 saturated heterocycles. The molecule has 1 aliphatic carbocycles. The van der Waals surface area contributed by atoms with Gasteiger partial charge in [-0.25, -0.2) is 0 Å². The third-order valence-corrected chi connectivity index (χ3v) is 4.07. The molecule has 2 unspecified atom stereocenters. The van der Waals surface area contributed by atoms with Gasteiger partial charge < -0.3 is 4.74 Å². The highest BCUT2D eigenvalue weighted by molar-refractivity contribution is 5.75. The first-order valence-electron chi connectivity index (χ1n) is 4.78. The van der Waals surface area contributed by atoms with Crippen LogP contribution in [0.1, 0.15) is 40.5 Å². The van der Waals surface area contributed by atoms with Crippen LogP contribution in [0.5, 0.6) is 0 Å². The van der Waals surface area contributed by atoms with Crippen molar-refractivity contribution in [1.29, 1.82) is 0 Å². The summed E-state index contributed by atoms with van der Waals surface area (Å²) in [5.74, 6) is -0.0446. The zero-order valence-corrected chi connectivity index (χ0v) is 8.73. The van der Waals surface area contributed by atoms with Crippen LogP contribution in [0.4, 0.5) is 0 Å². The number of esters is 1. The molecule has 1 fully saturated rings. The molecule has 0 saturated carbocycles. The summed E-state index contributed by atoms with van der Waals surface area (Å²) in [7, 11) is 0. The molecule has 0 spiro atoms. The fourth-order valence-corrected chi connectivity index (χ4v) is 2.75. The average Bonchev–Trinajstić information content (AvgIpc) is 2.28. The lowest BCUT2D eigenvalue weighted by atomic mass is 9.73. The Morgan fingerprint density at radius 1 is 1.23 bits per heavy atom. The van der Waals surface area contributed by atoms with Crippen LogP contribution in [-0.4, -0.2) is 11.6 Å². The summed E-state index contributed by atoms with van der Waals surface area (Å²) in [6, 6.07) is 0. The van der Waals surface area contributed by atoms with Gasteiger partial charge in [-0.15, -0.1) is 0 Å². The van der Waals surface area contributed by atoms with Gasteiger partial charge in [0, 0.05) is 11.8 Å². The zero-order chi connectivity index (χ0) is 9.85. The predicted molar refractivity (Wildman–Crippen MR) is 50.2 cm³/mol. The van der Waals surface area contributed by atoms with E-state index in [0.717, 1.165) is 6.42 Å². The lowest BCUT2D eigenvalue weighted by Gasteiger charge is -2.33. The third-order valence-electron chi connectivity index (χ3n) is 4.07. The molecule has 2 heteroatoms. The van der Waals surface area contributed by atoms with Gasteiger partial charge in [-0.1, -0.05) is 18.1 Å². The van der Waals surface area contributed by atoms with Crippen LogP contribution in [0.2, 0.25) is 0 Å². The monoisotopic (exact) mass is 180 g/mol. The highest BCUT2D eigenvalue weighted by atomic mass is 16.6. The van der Waals surface area contributed by atoms with Crippen molar-refractivity contribution in [1.82, 2.24) is 0 Å². The fourth-order valence-electron chi connectivity index (χ4n) is 2.75. The van der Waals surface area contributed by atoms with Gasteiger partial charge in [-0.05, 0) is 20.8 Å². The molecule has 0 aromatic rings. The van der Waals surface area contributed by atoms with Gasteiger partial charge >= 0.3 is 5.97 Å². The van der Waals surface area contributed by atoms with E-state index in [1.54, 1.807) is 0 Å². The van der Waals surface area contributed by atoms with Crippen LogP contribution in [0.3, 0.4) is 0 Å². The Hall–Kier alpha value is -0.790. The Morgan fingerprint density at radius 2 is 1.85 bits per heavy atom. The first-order chi connectivity index (χ1) is 5.89. The molecule has 0 N–H and O–H groups in total. The molecule has 13 heavy (non-hydrogen) atoms. The SMILES string of the molecule is CC1=C(C)C2(C)CC(=O)OC2(C)C1. The van der Waals surface area contributed by atoms with E-state index in [1.165, 1.54) is 11.1 Å². The van der Waals surface area contributed by atoms with Gasteiger partial charge in [-0.3, -0.25) is 4.79 Å². The fraction of sp³-hybridized carbons (Fsp3) is 0.727. The Bertz CT molecular complexity index is 316. The third kappa shape index (κ3) is 0.862. The van der Waals surface area contributed by atoms with E-state index in [0.29, 0.717) is 6.42 Å². The van der Waals surface area contributed by atoms with E-state index in [4.69, 9.17) is 4.74 Å². The van der Waals surface area contributed by atoms with Crippen molar-refractivity contribution in [3.05, 3.63) is 11.1 Å². The minimum atomic E-state index is -0.266. The molecule has 72 valence electrons. The van der Waals surface area contributed by atoms with Crippen molar-refractivity contribution in [2.45, 2.75) is 46.1 Å². The predicted octanol–water partition coefficient (Wildman–Crippen LogP) is 2.44. The van der Waals surface area contributed by atoms with Crippen LogP contribution >= 0.6 is 0 Å². The second-order valence-electron chi connectivity index (χ2n) is 4.80. The van der Waals surface area contributed by atoms with E-state index in [1.807, 2.05) is 0 Å². The van der Waals surface area contributed by atoms with Gasteiger partial charge in [0.15, 0.2) is 0 Å². The summed E-state index contributed by atoms with van der Waals surface area (Å²) in [6.07, 6.45) is 1.45. The van der Waals surface area contributed by atoms with Crippen molar-refractivity contribution < 1.29 is 9.53 Å². The van der Waals surface area contributed by atoms with Crippen molar-refractivity contribution in [3.63, 3.8) is 0 Å². The van der Waals surface area contributed by atoms with Gasteiger partial charge in [-0.2, -0.15) is 0 Å². The highest BCUT2D eigenvalue weighted by Crippen LogP contribution is 2.57. The first-order valence-corrected chi connectivity index (χ1v) is 4.78. The normalized spacial score (nSPS) is 43.8. The summed E-state index contributed by atoms with van der Waals surface area (Å²) >= 11 is 0. The lowest BCUT2D eigenvalue weighted by Crippen LogP contribution is -2.36. The van der Waals surface area contributed by atoms with E-state index >= 15 is 0 Å². The van der Waals surface area contributed by atoms with E-state index < -0.39 is 0 Å². The van der Waals surface area contributed by atoms with E-state index in [2.05, 4.69) is 27.7 Å². The Morgan fingerprint density at radius 3 is 2.38 bits per heavy atom. The molecule has 0 bridgehead atoms. The molecule has 0 amide bonds. The summed E-state index contributed by atoms with van der Waals surface area (Å²) in [6.45, 7) is 8.46. The van der Waals surface area contributed by atoms with Gasteiger partial charge in [0.25, 0.3) is 0 Å². The number of carbonyl (C=O) groups excluding carboxylic acids is 1. The number of carbonyl (C=O) groups is 1. The van der Waals surface area contributed by atoms with Crippen molar-refractivity contribution >= 4 is 5.97 Å². The number of fused-ring (bicyclic) bond motifs is 1. The second kappa shape index (κ2) is 2.17. The molecule has 1 heterocycles.